The minimum atomic E-state index is -0.299. The van der Waals surface area contributed by atoms with E-state index in [1.54, 1.807) is 6.92 Å². The number of nitrogens with zero attached hydrogens (tertiary/aromatic N) is 3. The number of anilines is 1. The summed E-state index contributed by atoms with van der Waals surface area (Å²) in [5.41, 5.74) is 3.70. The number of para-hydroxylation sites is 3. The van der Waals surface area contributed by atoms with Crippen molar-refractivity contribution >= 4 is 28.6 Å². The van der Waals surface area contributed by atoms with Gasteiger partial charge in [-0.2, -0.15) is 0 Å². The molecule has 6 heteroatoms. The van der Waals surface area contributed by atoms with Crippen LogP contribution in [0.25, 0.3) is 11.0 Å². The van der Waals surface area contributed by atoms with Crippen LogP contribution in [-0.4, -0.2) is 34.6 Å². The molecule has 1 fully saturated rings. The Morgan fingerprint density at radius 3 is 2.71 bits per heavy atom. The average molecular weight is 377 g/mol. The maximum absolute atomic E-state index is 12.8. The monoisotopic (exact) mass is 377 g/mol. The van der Waals surface area contributed by atoms with Gasteiger partial charge in [0.15, 0.2) is 0 Å². The van der Waals surface area contributed by atoms with Gasteiger partial charge in [0.1, 0.15) is 12.4 Å². The number of aromatic nitrogens is 2. The largest absolute Gasteiger partial charge is 0.465 e. The third kappa shape index (κ3) is 3.26. The summed E-state index contributed by atoms with van der Waals surface area (Å²) in [6, 6.07) is 15.6. The molecule has 0 bridgehead atoms. The summed E-state index contributed by atoms with van der Waals surface area (Å²) in [5, 5.41) is 0. The van der Waals surface area contributed by atoms with Crippen LogP contribution in [0.5, 0.6) is 0 Å². The summed E-state index contributed by atoms with van der Waals surface area (Å²) >= 11 is 0. The highest BCUT2D eigenvalue weighted by Crippen LogP contribution is 2.34. The molecule has 6 nitrogen and oxygen atoms in total. The third-order valence-corrected chi connectivity index (χ3v) is 5.17. The lowest BCUT2D eigenvalue weighted by Crippen LogP contribution is -2.25. The predicted molar refractivity (Wildman–Crippen MR) is 107 cm³/mol. The van der Waals surface area contributed by atoms with Crippen LogP contribution in [0.4, 0.5) is 5.69 Å². The lowest BCUT2D eigenvalue weighted by Gasteiger charge is -2.19. The van der Waals surface area contributed by atoms with Gasteiger partial charge >= 0.3 is 5.97 Å². The van der Waals surface area contributed by atoms with Gasteiger partial charge in [-0.1, -0.05) is 30.3 Å². The molecule has 1 atom stereocenters. The first-order valence-electron chi connectivity index (χ1n) is 9.55. The number of esters is 1. The number of amides is 1. The van der Waals surface area contributed by atoms with E-state index in [4.69, 9.17) is 9.72 Å². The van der Waals surface area contributed by atoms with Crippen LogP contribution >= 0.6 is 0 Å². The molecule has 1 aliphatic heterocycles. The van der Waals surface area contributed by atoms with Crippen molar-refractivity contribution in [1.82, 2.24) is 9.55 Å². The van der Waals surface area contributed by atoms with Crippen molar-refractivity contribution < 1.29 is 14.3 Å². The third-order valence-electron chi connectivity index (χ3n) is 5.17. The summed E-state index contributed by atoms with van der Waals surface area (Å²) in [7, 11) is 0. The zero-order chi connectivity index (χ0) is 19.7. The molecule has 3 aromatic rings. The Morgan fingerprint density at radius 1 is 1.18 bits per heavy atom. The van der Waals surface area contributed by atoms with Gasteiger partial charge in [0.05, 0.1) is 17.6 Å². The predicted octanol–water partition coefficient (Wildman–Crippen LogP) is 3.43. The number of fused-ring (bicyclic) bond motifs is 1. The SMILES string of the molecule is CCOC(=O)Cn1c([C@H]2CC(=O)N(c3ccccc3C)C2)nc2ccccc21. The quantitative estimate of drug-likeness (QED) is 0.639. The fourth-order valence-electron chi connectivity index (χ4n) is 3.89. The van der Waals surface area contributed by atoms with E-state index in [1.807, 2.05) is 64.9 Å². The molecule has 2 heterocycles. The Balaban J connectivity index is 1.70. The normalized spacial score (nSPS) is 16.7. The van der Waals surface area contributed by atoms with E-state index in [2.05, 4.69) is 0 Å². The molecular weight excluding hydrogens is 354 g/mol. The first-order valence-corrected chi connectivity index (χ1v) is 9.55. The first kappa shape index (κ1) is 18.2. The molecule has 0 unspecified atom stereocenters. The van der Waals surface area contributed by atoms with Gasteiger partial charge in [-0.3, -0.25) is 9.59 Å². The Labute approximate surface area is 163 Å². The van der Waals surface area contributed by atoms with Crippen LogP contribution in [0, 0.1) is 6.92 Å². The van der Waals surface area contributed by atoms with Gasteiger partial charge in [-0.05, 0) is 37.6 Å². The summed E-state index contributed by atoms with van der Waals surface area (Å²) in [6.07, 6.45) is 0.375. The van der Waals surface area contributed by atoms with Crippen LogP contribution < -0.4 is 4.90 Å². The average Bonchev–Trinajstić information content (AvgIpc) is 3.23. The van der Waals surface area contributed by atoms with Crippen molar-refractivity contribution in [2.24, 2.45) is 0 Å². The van der Waals surface area contributed by atoms with E-state index in [1.165, 1.54) is 0 Å². The van der Waals surface area contributed by atoms with E-state index < -0.39 is 0 Å². The van der Waals surface area contributed by atoms with Crippen LogP contribution in [0.15, 0.2) is 48.5 Å². The number of aryl methyl sites for hydroxylation is 1. The maximum Gasteiger partial charge on any atom is 0.326 e. The van der Waals surface area contributed by atoms with Crippen LogP contribution in [0.2, 0.25) is 0 Å². The van der Waals surface area contributed by atoms with Gasteiger partial charge in [0.25, 0.3) is 0 Å². The van der Waals surface area contributed by atoms with Gasteiger partial charge < -0.3 is 14.2 Å². The van der Waals surface area contributed by atoms with E-state index in [-0.39, 0.29) is 24.3 Å². The molecule has 1 aromatic heterocycles. The number of ether oxygens (including phenoxy) is 1. The first-order chi connectivity index (χ1) is 13.6. The second kappa shape index (κ2) is 7.46. The standard InChI is InChI=1S/C22H23N3O3/c1-3-28-21(27)14-25-19-11-7-5-9-17(19)23-22(25)16-12-20(26)24(13-16)18-10-6-4-8-15(18)2/h4-11,16H,3,12-14H2,1-2H3/t16-/m0/s1. The highest BCUT2D eigenvalue weighted by atomic mass is 16.5. The second-order valence-corrected chi connectivity index (χ2v) is 7.04. The van der Waals surface area contributed by atoms with E-state index in [0.29, 0.717) is 19.6 Å². The van der Waals surface area contributed by atoms with E-state index >= 15 is 0 Å². The molecule has 0 aliphatic carbocycles. The van der Waals surface area contributed by atoms with Gasteiger partial charge in [0, 0.05) is 24.6 Å². The summed E-state index contributed by atoms with van der Waals surface area (Å²) in [4.78, 5) is 31.5. The number of hydrogen-bond donors (Lipinski definition) is 0. The molecular formula is C22H23N3O3. The van der Waals surface area contributed by atoms with Crippen molar-refractivity contribution in [3.8, 4) is 0 Å². The summed E-state index contributed by atoms with van der Waals surface area (Å²) in [5.74, 6) is 0.466. The fraction of sp³-hybridized carbons (Fsp3) is 0.318. The Kier molecular flexibility index (Phi) is 4.86. The van der Waals surface area contributed by atoms with Crippen LogP contribution in [-0.2, 0) is 20.9 Å². The molecule has 0 spiro atoms. The van der Waals surface area contributed by atoms with Crippen molar-refractivity contribution in [1.29, 1.82) is 0 Å². The highest BCUT2D eigenvalue weighted by Gasteiger charge is 2.35. The number of hydrogen-bond acceptors (Lipinski definition) is 4. The lowest BCUT2D eigenvalue weighted by atomic mass is 10.1. The number of benzene rings is 2. The number of carbonyl (C=O) groups is 2. The summed E-state index contributed by atoms with van der Waals surface area (Å²) < 4.78 is 7.04. The van der Waals surface area contributed by atoms with Crippen molar-refractivity contribution in [3.63, 3.8) is 0 Å². The second-order valence-electron chi connectivity index (χ2n) is 7.04. The summed E-state index contributed by atoms with van der Waals surface area (Å²) in [6.45, 7) is 4.78. The van der Waals surface area contributed by atoms with E-state index in [0.717, 1.165) is 28.1 Å². The number of imidazole rings is 1. The minimum Gasteiger partial charge on any atom is -0.465 e. The molecule has 0 radical (unpaired) electrons. The fourth-order valence-corrected chi connectivity index (χ4v) is 3.89. The van der Waals surface area contributed by atoms with Crippen molar-refractivity contribution in [3.05, 3.63) is 59.9 Å². The molecule has 2 aromatic carbocycles. The molecule has 28 heavy (non-hydrogen) atoms. The molecule has 144 valence electrons. The Morgan fingerprint density at radius 2 is 1.93 bits per heavy atom. The lowest BCUT2D eigenvalue weighted by molar-refractivity contribution is -0.143. The highest BCUT2D eigenvalue weighted by molar-refractivity contribution is 5.97. The van der Waals surface area contributed by atoms with Gasteiger partial charge in [-0.15, -0.1) is 0 Å². The van der Waals surface area contributed by atoms with Gasteiger partial charge in [0.2, 0.25) is 5.91 Å². The molecule has 0 saturated carbocycles. The van der Waals surface area contributed by atoms with E-state index in [9.17, 15) is 9.59 Å². The molecule has 1 saturated heterocycles. The topological polar surface area (TPSA) is 64.4 Å². The number of rotatable bonds is 5. The van der Waals surface area contributed by atoms with Crippen molar-refractivity contribution in [2.75, 3.05) is 18.1 Å². The van der Waals surface area contributed by atoms with Crippen molar-refractivity contribution in [2.45, 2.75) is 32.7 Å². The maximum atomic E-state index is 12.8. The smallest absolute Gasteiger partial charge is 0.326 e. The minimum absolute atomic E-state index is 0.0751. The van der Waals surface area contributed by atoms with Crippen LogP contribution in [0.1, 0.15) is 30.7 Å². The molecule has 1 amide bonds. The zero-order valence-corrected chi connectivity index (χ0v) is 16.1. The van der Waals surface area contributed by atoms with Crippen LogP contribution in [0.3, 0.4) is 0 Å². The molecule has 0 N–H and O–H groups in total. The zero-order valence-electron chi connectivity index (χ0n) is 16.1. The molecule has 4 rings (SSSR count). The van der Waals surface area contributed by atoms with Gasteiger partial charge in [-0.25, -0.2) is 4.98 Å². The number of carbonyl (C=O) groups excluding carboxylic acids is 2. The molecule has 1 aliphatic rings. The Bertz CT molecular complexity index is 1040. The Hall–Kier alpha value is -3.15.